The van der Waals surface area contributed by atoms with Gasteiger partial charge in [0.2, 0.25) is 0 Å². The molecule has 0 aliphatic rings. The zero-order valence-electron chi connectivity index (χ0n) is 17.8. The van der Waals surface area contributed by atoms with Crippen molar-refractivity contribution in [2.45, 2.75) is 37.8 Å². The van der Waals surface area contributed by atoms with Crippen LogP contribution in [0.3, 0.4) is 0 Å². The summed E-state index contributed by atoms with van der Waals surface area (Å²) in [6.45, 7) is 8.56. The summed E-state index contributed by atoms with van der Waals surface area (Å²) in [4.78, 5) is 24.9. The van der Waals surface area contributed by atoms with Crippen molar-refractivity contribution in [3.05, 3.63) is 59.7 Å². The molecule has 0 fully saturated rings. The minimum atomic E-state index is -0.262. The van der Waals surface area contributed by atoms with Crippen LogP contribution in [-0.4, -0.2) is 36.4 Å². The third-order valence-electron chi connectivity index (χ3n) is 4.05. The second-order valence-corrected chi connectivity index (χ2v) is 8.78. The highest BCUT2D eigenvalue weighted by Gasteiger charge is 2.13. The maximum Gasteiger partial charge on any atom is 0.257 e. The van der Waals surface area contributed by atoms with Crippen molar-refractivity contribution < 1.29 is 14.3 Å². The number of aryl methyl sites for hydroxylation is 1. The second-order valence-electron chi connectivity index (χ2n) is 7.36. The van der Waals surface area contributed by atoms with E-state index >= 15 is 0 Å². The number of nitrogens with one attached hydrogen (secondary N) is 2. The van der Waals surface area contributed by atoms with E-state index in [1.807, 2.05) is 64.1 Å². The van der Waals surface area contributed by atoms with Crippen LogP contribution in [-0.2, 0) is 9.59 Å². The summed E-state index contributed by atoms with van der Waals surface area (Å²) in [5.41, 5.74) is 4.56. The fourth-order valence-electron chi connectivity index (χ4n) is 2.30. The number of hydrazone groups is 1. The van der Waals surface area contributed by atoms with Gasteiger partial charge < -0.3 is 10.1 Å². The van der Waals surface area contributed by atoms with Gasteiger partial charge >= 0.3 is 0 Å². The Hall–Kier alpha value is -2.80. The zero-order chi connectivity index (χ0) is 21.9. The van der Waals surface area contributed by atoms with Gasteiger partial charge in [-0.15, -0.1) is 11.8 Å². The van der Waals surface area contributed by atoms with Crippen LogP contribution in [0, 0.1) is 12.8 Å². The number of carbonyl (C=O) groups is 2. The molecule has 0 radical (unpaired) electrons. The Morgan fingerprint density at radius 2 is 1.73 bits per heavy atom. The van der Waals surface area contributed by atoms with E-state index in [1.54, 1.807) is 18.3 Å². The average molecular weight is 428 g/mol. The summed E-state index contributed by atoms with van der Waals surface area (Å²) in [7, 11) is 0. The molecule has 7 heteroatoms. The van der Waals surface area contributed by atoms with Gasteiger partial charge in [-0.3, -0.25) is 9.59 Å². The van der Waals surface area contributed by atoms with Gasteiger partial charge in [-0.1, -0.05) is 31.5 Å². The Morgan fingerprint density at radius 1 is 1.07 bits per heavy atom. The summed E-state index contributed by atoms with van der Waals surface area (Å²) in [6.07, 6.45) is 1.57. The molecule has 0 aliphatic heterocycles. The van der Waals surface area contributed by atoms with Crippen LogP contribution in [0.2, 0.25) is 0 Å². The molecule has 0 aromatic heterocycles. The van der Waals surface area contributed by atoms with Gasteiger partial charge in [0, 0.05) is 11.4 Å². The van der Waals surface area contributed by atoms with Crippen LogP contribution < -0.4 is 15.5 Å². The van der Waals surface area contributed by atoms with Gasteiger partial charge in [-0.05, 0) is 61.7 Å². The number of nitrogens with zero attached hydrogens (tertiary/aromatic N) is 1. The highest BCUT2D eigenvalue weighted by Crippen LogP contribution is 2.23. The van der Waals surface area contributed by atoms with E-state index in [-0.39, 0.29) is 23.7 Å². The van der Waals surface area contributed by atoms with Crippen molar-refractivity contribution in [2.24, 2.45) is 11.0 Å². The number of thioether (sulfide) groups is 1. The Morgan fingerprint density at radius 3 is 2.37 bits per heavy atom. The third kappa shape index (κ3) is 8.69. The summed E-state index contributed by atoms with van der Waals surface area (Å²) in [6, 6.07) is 15.2. The van der Waals surface area contributed by atoms with E-state index in [2.05, 4.69) is 15.8 Å². The Balaban J connectivity index is 1.75. The summed E-state index contributed by atoms with van der Waals surface area (Å²) in [5, 5.41) is 6.56. The smallest absolute Gasteiger partial charge is 0.257 e. The zero-order valence-corrected chi connectivity index (χ0v) is 18.7. The first-order valence-corrected chi connectivity index (χ1v) is 10.8. The van der Waals surface area contributed by atoms with Crippen molar-refractivity contribution in [2.75, 3.05) is 13.2 Å². The van der Waals surface area contributed by atoms with Gasteiger partial charge in [0.15, 0.2) is 6.61 Å². The second kappa shape index (κ2) is 12.0. The lowest BCUT2D eigenvalue weighted by Gasteiger charge is -2.10. The molecule has 160 valence electrons. The third-order valence-corrected chi connectivity index (χ3v) is 5.16. The molecule has 0 saturated heterocycles. The van der Waals surface area contributed by atoms with E-state index < -0.39 is 0 Å². The van der Waals surface area contributed by atoms with Crippen molar-refractivity contribution in [3.63, 3.8) is 0 Å². The molecular formula is C23H29N3O3S. The predicted molar refractivity (Wildman–Crippen MR) is 122 cm³/mol. The number of amides is 2. The maximum absolute atomic E-state index is 12.2. The molecule has 0 bridgehead atoms. The Labute approximate surface area is 182 Å². The van der Waals surface area contributed by atoms with Gasteiger partial charge in [-0.25, -0.2) is 5.43 Å². The number of hydrogen-bond donors (Lipinski definition) is 2. The van der Waals surface area contributed by atoms with Crippen molar-refractivity contribution in [1.82, 2.24) is 10.7 Å². The molecule has 2 amide bonds. The topological polar surface area (TPSA) is 79.8 Å². The van der Waals surface area contributed by atoms with E-state index in [4.69, 9.17) is 4.74 Å². The molecule has 2 aromatic rings. The summed E-state index contributed by atoms with van der Waals surface area (Å²) in [5.74, 6) is 0.690. The number of hydrogen-bond acceptors (Lipinski definition) is 5. The van der Waals surface area contributed by atoms with Crippen molar-refractivity contribution in [1.29, 1.82) is 0 Å². The van der Waals surface area contributed by atoms with Gasteiger partial charge in [0.1, 0.15) is 5.75 Å². The predicted octanol–water partition coefficient (Wildman–Crippen LogP) is 3.78. The molecule has 2 N–H and O–H groups in total. The Bertz CT molecular complexity index is 849. The first kappa shape index (κ1) is 23.5. The fourth-order valence-corrected chi connectivity index (χ4v) is 3.17. The van der Waals surface area contributed by atoms with Crippen LogP contribution in [0.4, 0.5) is 0 Å². The van der Waals surface area contributed by atoms with Gasteiger partial charge in [-0.2, -0.15) is 5.10 Å². The van der Waals surface area contributed by atoms with Crippen LogP contribution >= 0.6 is 11.8 Å². The molecule has 0 heterocycles. The van der Waals surface area contributed by atoms with Crippen molar-refractivity contribution >= 4 is 29.8 Å². The SMILES string of the molecule is Cc1ccc(S[C@H](C)C(=O)N/N=C\c2ccc(OCC(=O)NCC(C)C)cc2)cc1. The molecule has 2 rings (SSSR count). The lowest BCUT2D eigenvalue weighted by molar-refractivity contribution is -0.123. The molecule has 2 aromatic carbocycles. The molecule has 0 unspecified atom stereocenters. The van der Waals surface area contributed by atoms with Gasteiger partial charge in [0.25, 0.3) is 11.8 Å². The molecule has 30 heavy (non-hydrogen) atoms. The molecule has 0 spiro atoms. The number of carbonyl (C=O) groups excluding carboxylic acids is 2. The number of ether oxygens (including phenoxy) is 1. The fraction of sp³-hybridized carbons (Fsp3) is 0.348. The summed E-state index contributed by atoms with van der Waals surface area (Å²) < 4.78 is 5.46. The van der Waals surface area contributed by atoms with Crippen LogP contribution in [0.15, 0.2) is 58.5 Å². The van der Waals surface area contributed by atoms with Crippen LogP contribution in [0.5, 0.6) is 5.75 Å². The highest BCUT2D eigenvalue weighted by molar-refractivity contribution is 8.00. The molecule has 0 aliphatic carbocycles. The summed E-state index contributed by atoms with van der Waals surface area (Å²) >= 11 is 1.49. The molecule has 0 saturated carbocycles. The molecular weight excluding hydrogens is 398 g/mol. The lowest BCUT2D eigenvalue weighted by Crippen LogP contribution is -2.31. The average Bonchev–Trinajstić information content (AvgIpc) is 2.73. The minimum absolute atomic E-state index is 0.0211. The molecule has 1 atom stereocenters. The first-order chi connectivity index (χ1) is 14.3. The van der Waals surface area contributed by atoms with Gasteiger partial charge in [0.05, 0.1) is 11.5 Å². The van der Waals surface area contributed by atoms with Crippen LogP contribution in [0.1, 0.15) is 31.9 Å². The Kier molecular flexibility index (Phi) is 9.41. The highest BCUT2D eigenvalue weighted by atomic mass is 32.2. The van der Waals surface area contributed by atoms with E-state index in [1.165, 1.54) is 17.3 Å². The van der Waals surface area contributed by atoms with E-state index in [9.17, 15) is 9.59 Å². The quantitative estimate of drug-likeness (QED) is 0.344. The minimum Gasteiger partial charge on any atom is -0.484 e. The first-order valence-electron chi connectivity index (χ1n) is 9.89. The van der Waals surface area contributed by atoms with Crippen LogP contribution in [0.25, 0.3) is 0 Å². The normalized spacial score (nSPS) is 12.0. The maximum atomic E-state index is 12.2. The monoisotopic (exact) mass is 427 g/mol. The van der Waals surface area contributed by atoms with E-state index in [0.717, 1.165) is 10.5 Å². The molecule has 6 nitrogen and oxygen atoms in total. The van der Waals surface area contributed by atoms with Crippen molar-refractivity contribution in [3.8, 4) is 5.75 Å². The number of rotatable bonds is 10. The standard InChI is InChI=1S/C23H29N3O3S/c1-16(2)13-24-22(27)15-29-20-9-7-19(8-10-20)14-25-26-23(28)18(4)30-21-11-5-17(3)6-12-21/h5-12,14,16,18H,13,15H2,1-4H3,(H,24,27)(H,26,28)/b25-14-/t18-/m1/s1. The number of benzene rings is 2. The lowest BCUT2D eigenvalue weighted by atomic mass is 10.2. The van der Waals surface area contributed by atoms with E-state index in [0.29, 0.717) is 18.2 Å². The largest absolute Gasteiger partial charge is 0.484 e.